The third-order valence-corrected chi connectivity index (χ3v) is 4.10. The summed E-state index contributed by atoms with van der Waals surface area (Å²) in [6.07, 6.45) is 7.02. The average Bonchev–Trinajstić information content (AvgIpc) is 2.68. The maximum absolute atomic E-state index is 12.3. The molecule has 21 heavy (non-hydrogen) atoms. The number of hydrogen-bond donors (Lipinski definition) is 1. The minimum absolute atomic E-state index is 0.00590. The lowest BCUT2D eigenvalue weighted by Gasteiger charge is -2.21. The third-order valence-electron chi connectivity index (χ3n) is 4.10. The number of nitrogens with zero attached hydrogens (tertiary/aromatic N) is 2. The van der Waals surface area contributed by atoms with Gasteiger partial charge in [0.25, 0.3) is 5.56 Å². The first-order valence-electron chi connectivity index (χ1n) is 7.67. The third kappa shape index (κ3) is 4.31. The molecule has 6 nitrogen and oxygen atoms in total. The summed E-state index contributed by atoms with van der Waals surface area (Å²) >= 11 is 0. The first-order chi connectivity index (χ1) is 10.1. The highest BCUT2D eigenvalue weighted by Crippen LogP contribution is 2.21. The van der Waals surface area contributed by atoms with Crippen molar-refractivity contribution in [2.75, 3.05) is 13.1 Å². The highest BCUT2D eigenvalue weighted by atomic mass is 16.2. The van der Waals surface area contributed by atoms with Gasteiger partial charge in [-0.3, -0.25) is 19.1 Å². The summed E-state index contributed by atoms with van der Waals surface area (Å²) in [5, 5.41) is 0. The number of hydrogen-bond acceptors (Lipinski definition) is 3. The fourth-order valence-corrected chi connectivity index (χ4v) is 2.93. The Bertz CT molecular complexity index is 590. The Hall–Kier alpha value is -1.85. The van der Waals surface area contributed by atoms with E-state index in [1.807, 2.05) is 4.90 Å². The molecule has 1 aromatic heterocycles. The van der Waals surface area contributed by atoms with Crippen LogP contribution >= 0.6 is 0 Å². The first kappa shape index (κ1) is 15.5. The van der Waals surface area contributed by atoms with Crippen molar-refractivity contribution in [2.24, 2.45) is 5.92 Å². The van der Waals surface area contributed by atoms with Gasteiger partial charge in [-0.25, -0.2) is 4.79 Å². The van der Waals surface area contributed by atoms with E-state index in [-0.39, 0.29) is 12.5 Å². The molecule has 1 saturated heterocycles. The van der Waals surface area contributed by atoms with Crippen molar-refractivity contribution in [1.29, 1.82) is 0 Å². The number of carbonyl (C=O) groups excluding carboxylic acids is 1. The van der Waals surface area contributed by atoms with Crippen molar-refractivity contribution in [2.45, 2.75) is 45.6 Å². The highest BCUT2D eigenvalue weighted by molar-refractivity contribution is 5.76. The molecule has 0 aromatic carbocycles. The Morgan fingerprint density at radius 2 is 2.14 bits per heavy atom. The SMILES string of the molecule is CCCC1CCCN(C(=O)Cn2ccc(=O)[nH]c2=O)CC1. The number of likely N-dealkylation sites (tertiary alicyclic amines) is 1. The fraction of sp³-hybridized carbons (Fsp3) is 0.667. The lowest BCUT2D eigenvalue weighted by atomic mass is 9.96. The van der Waals surface area contributed by atoms with Crippen LogP contribution in [0.15, 0.2) is 21.9 Å². The largest absolute Gasteiger partial charge is 0.341 e. The molecule has 0 saturated carbocycles. The van der Waals surface area contributed by atoms with Crippen molar-refractivity contribution in [1.82, 2.24) is 14.5 Å². The van der Waals surface area contributed by atoms with E-state index in [1.54, 1.807) is 0 Å². The lowest BCUT2D eigenvalue weighted by molar-refractivity contribution is -0.131. The molecule has 6 heteroatoms. The van der Waals surface area contributed by atoms with Crippen molar-refractivity contribution < 1.29 is 4.79 Å². The predicted octanol–water partition coefficient (Wildman–Crippen LogP) is 0.965. The molecule has 1 aromatic rings. The molecule has 0 radical (unpaired) electrons. The number of aromatic nitrogens is 2. The van der Waals surface area contributed by atoms with Crippen molar-refractivity contribution in [3.8, 4) is 0 Å². The smallest absolute Gasteiger partial charge is 0.328 e. The molecule has 2 heterocycles. The van der Waals surface area contributed by atoms with Gasteiger partial charge in [-0.05, 0) is 25.2 Å². The topological polar surface area (TPSA) is 75.2 Å². The maximum Gasteiger partial charge on any atom is 0.328 e. The summed E-state index contributed by atoms with van der Waals surface area (Å²) in [6, 6.07) is 1.26. The minimum Gasteiger partial charge on any atom is -0.341 e. The van der Waals surface area contributed by atoms with E-state index in [0.717, 1.165) is 25.9 Å². The van der Waals surface area contributed by atoms with E-state index in [4.69, 9.17) is 0 Å². The van der Waals surface area contributed by atoms with Crippen LogP contribution in [0.25, 0.3) is 0 Å². The van der Waals surface area contributed by atoms with Gasteiger partial charge in [-0.15, -0.1) is 0 Å². The summed E-state index contributed by atoms with van der Waals surface area (Å²) in [5.41, 5.74) is -0.976. The van der Waals surface area contributed by atoms with Gasteiger partial charge in [-0.2, -0.15) is 0 Å². The second kappa shape index (κ2) is 7.24. The van der Waals surface area contributed by atoms with Crippen molar-refractivity contribution >= 4 is 5.91 Å². The number of nitrogens with one attached hydrogen (secondary N) is 1. The zero-order chi connectivity index (χ0) is 15.2. The van der Waals surface area contributed by atoms with Crippen molar-refractivity contribution in [3.05, 3.63) is 33.1 Å². The molecular formula is C15H23N3O3. The predicted molar refractivity (Wildman–Crippen MR) is 80.2 cm³/mol. The molecular weight excluding hydrogens is 270 g/mol. The molecule has 116 valence electrons. The van der Waals surface area contributed by atoms with Gasteiger partial charge in [0.05, 0.1) is 0 Å². The summed E-state index contributed by atoms with van der Waals surface area (Å²) in [5.74, 6) is 0.657. The maximum atomic E-state index is 12.3. The molecule has 1 unspecified atom stereocenters. The van der Waals surface area contributed by atoms with Gasteiger partial charge >= 0.3 is 5.69 Å². The second-order valence-electron chi connectivity index (χ2n) is 5.70. The number of carbonyl (C=O) groups is 1. The highest BCUT2D eigenvalue weighted by Gasteiger charge is 2.20. The molecule has 1 aliphatic heterocycles. The summed E-state index contributed by atoms with van der Waals surface area (Å²) < 4.78 is 1.25. The van der Waals surface area contributed by atoms with Crippen LogP contribution in [0.4, 0.5) is 0 Å². The van der Waals surface area contributed by atoms with E-state index in [9.17, 15) is 14.4 Å². The minimum atomic E-state index is -0.533. The second-order valence-corrected chi connectivity index (χ2v) is 5.70. The van der Waals surface area contributed by atoms with Crippen LogP contribution in [0.3, 0.4) is 0 Å². The van der Waals surface area contributed by atoms with Gasteiger partial charge in [0, 0.05) is 25.4 Å². The first-order valence-corrected chi connectivity index (χ1v) is 7.67. The van der Waals surface area contributed by atoms with Crippen LogP contribution in [-0.2, 0) is 11.3 Å². The van der Waals surface area contributed by atoms with Crippen LogP contribution < -0.4 is 11.2 Å². The van der Waals surface area contributed by atoms with Gasteiger partial charge in [0.15, 0.2) is 0 Å². The molecule has 1 atom stereocenters. The number of aromatic amines is 1. The monoisotopic (exact) mass is 293 g/mol. The van der Waals surface area contributed by atoms with E-state index < -0.39 is 11.2 Å². The number of H-pyrrole nitrogens is 1. The lowest BCUT2D eigenvalue weighted by Crippen LogP contribution is -2.38. The van der Waals surface area contributed by atoms with Gasteiger partial charge in [0.2, 0.25) is 5.91 Å². The van der Waals surface area contributed by atoms with Crippen molar-refractivity contribution in [3.63, 3.8) is 0 Å². The van der Waals surface area contributed by atoms with E-state index in [0.29, 0.717) is 5.92 Å². The van der Waals surface area contributed by atoms with Crippen LogP contribution in [0.5, 0.6) is 0 Å². The molecule has 1 fully saturated rings. The van der Waals surface area contributed by atoms with Crippen LogP contribution in [0, 0.1) is 5.92 Å². The van der Waals surface area contributed by atoms with Gasteiger partial charge in [0.1, 0.15) is 6.54 Å². The molecule has 2 rings (SSSR count). The quantitative estimate of drug-likeness (QED) is 0.898. The Morgan fingerprint density at radius 1 is 1.33 bits per heavy atom. The molecule has 1 aliphatic rings. The van der Waals surface area contributed by atoms with E-state index >= 15 is 0 Å². The van der Waals surface area contributed by atoms with E-state index in [2.05, 4.69) is 11.9 Å². The number of amides is 1. The van der Waals surface area contributed by atoms with Gasteiger partial charge < -0.3 is 4.90 Å². The molecule has 0 spiro atoms. The fourth-order valence-electron chi connectivity index (χ4n) is 2.93. The zero-order valence-electron chi connectivity index (χ0n) is 12.5. The van der Waals surface area contributed by atoms with Crippen LogP contribution in [0.1, 0.15) is 39.0 Å². The van der Waals surface area contributed by atoms with E-state index in [1.165, 1.54) is 36.1 Å². The Morgan fingerprint density at radius 3 is 2.86 bits per heavy atom. The summed E-state index contributed by atoms with van der Waals surface area (Å²) in [6.45, 7) is 3.71. The zero-order valence-corrected chi connectivity index (χ0v) is 12.5. The summed E-state index contributed by atoms with van der Waals surface area (Å²) in [4.78, 5) is 38.9. The van der Waals surface area contributed by atoms with Crippen LogP contribution in [0.2, 0.25) is 0 Å². The normalized spacial score (nSPS) is 19.3. The standard InChI is InChI=1S/C15H23N3O3/c1-2-4-12-5-3-8-17(9-6-12)14(20)11-18-10-7-13(19)16-15(18)21/h7,10,12H,2-6,8-9,11H2,1H3,(H,16,19,21). The molecule has 0 bridgehead atoms. The Balaban J connectivity index is 1.97. The number of rotatable bonds is 4. The van der Waals surface area contributed by atoms with Gasteiger partial charge in [-0.1, -0.05) is 19.8 Å². The molecule has 0 aliphatic carbocycles. The Kier molecular flexibility index (Phi) is 5.36. The molecule has 1 amide bonds. The molecule has 1 N–H and O–H groups in total. The average molecular weight is 293 g/mol. The summed E-state index contributed by atoms with van der Waals surface area (Å²) in [7, 11) is 0. The Labute approximate surface area is 123 Å². The van der Waals surface area contributed by atoms with Crippen LogP contribution in [-0.4, -0.2) is 33.4 Å².